The minimum Gasteiger partial charge on any atom is -0.323 e. The normalized spacial score (nSPS) is 23.4. The predicted molar refractivity (Wildman–Crippen MR) is 86.6 cm³/mol. The number of benzene rings is 1. The van der Waals surface area contributed by atoms with Gasteiger partial charge in [0.1, 0.15) is 5.54 Å². The first-order chi connectivity index (χ1) is 8.37. The van der Waals surface area contributed by atoms with Gasteiger partial charge in [0.2, 0.25) is 0 Å². The fourth-order valence-electron chi connectivity index (χ4n) is 1.83. The summed E-state index contributed by atoms with van der Waals surface area (Å²) in [7, 11) is 0. The highest BCUT2D eigenvalue weighted by Gasteiger charge is 2.47. The van der Waals surface area contributed by atoms with Gasteiger partial charge in [0.15, 0.2) is 0 Å². The van der Waals surface area contributed by atoms with E-state index >= 15 is 0 Å². The molecule has 18 heavy (non-hydrogen) atoms. The number of imide groups is 1. The molecule has 4 nitrogen and oxygen atoms in total. The van der Waals surface area contributed by atoms with Crippen LogP contribution < -0.4 is 10.2 Å². The van der Waals surface area contributed by atoms with Gasteiger partial charge in [0, 0.05) is 7.14 Å². The van der Waals surface area contributed by atoms with Crippen LogP contribution in [-0.2, 0) is 4.79 Å². The largest absolute Gasteiger partial charge is 0.329 e. The monoisotopic (exact) mass is 470 g/mol. The minimum atomic E-state index is -0.788. The van der Waals surface area contributed by atoms with E-state index in [1.54, 1.807) is 6.92 Å². The number of halogens is 2. The van der Waals surface area contributed by atoms with Crippen molar-refractivity contribution >= 4 is 62.8 Å². The molecular formula is C12H12I2N2O2. The van der Waals surface area contributed by atoms with Crippen LogP contribution in [0.4, 0.5) is 10.5 Å². The Bertz CT molecular complexity index is 513. The second kappa shape index (κ2) is 4.95. The molecule has 3 amide bonds. The average Bonchev–Trinajstić information content (AvgIpc) is 2.49. The van der Waals surface area contributed by atoms with Crippen LogP contribution in [0.2, 0.25) is 0 Å². The summed E-state index contributed by atoms with van der Waals surface area (Å²) >= 11 is 4.35. The molecule has 0 aliphatic carbocycles. The molecule has 0 aromatic heterocycles. The molecule has 2 rings (SSSR count). The van der Waals surface area contributed by atoms with Crippen molar-refractivity contribution in [3.05, 3.63) is 25.3 Å². The van der Waals surface area contributed by atoms with E-state index in [0.29, 0.717) is 12.1 Å². The predicted octanol–water partition coefficient (Wildman–Crippen LogP) is 3.12. The molecule has 1 N–H and O–H groups in total. The fourth-order valence-corrected chi connectivity index (χ4v) is 3.73. The minimum absolute atomic E-state index is 0.187. The number of nitrogens with one attached hydrogen (secondary N) is 1. The van der Waals surface area contributed by atoms with Gasteiger partial charge in [-0.05, 0) is 76.7 Å². The van der Waals surface area contributed by atoms with Crippen molar-refractivity contribution in [2.45, 2.75) is 25.8 Å². The third-order valence-electron chi connectivity index (χ3n) is 3.07. The second-order valence-electron chi connectivity index (χ2n) is 4.38. The highest BCUT2D eigenvalue weighted by atomic mass is 127. The van der Waals surface area contributed by atoms with Crippen molar-refractivity contribution in [2.24, 2.45) is 0 Å². The van der Waals surface area contributed by atoms with Crippen LogP contribution in [0.25, 0.3) is 0 Å². The van der Waals surface area contributed by atoms with Crippen LogP contribution in [0.5, 0.6) is 0 Å². The van der Waals surface area contributed by atoms with Crippen LogP contribution >= 0.6 is 45.2 Å². The Morgan fingerprint density at radius 3 is 2.22 bits per heavy atom. The van der Waals surface area contributed by atoms with E-state index in [-0.39, 0.29) is 11.9 Å². The summed E-state index contributed by atoms with van der Waals surface area (Å²) < 4.78 is 2.00. The van der Waals surface area contributed by atoms with E-state index in [0.717, 1.165) is 7.14 Å². The zero-order valence-corrected chi connectivity index (χ0v) is 14.3. The van der Waals surface area contributed by atoms with Gasteiger partial charge in [-0.1, -0.05) is 6.92 Å². The van der Waals surface area contributed by atoms with Crippen LogP contribution in [-0.4, -0.2) is 17.5 Å². The Labute approximate surface area is 133 Å². The fraction of sp³-hybridized carbons (Fsp3) is 0.333. The van der Waals surface area contributed by atoms with Crippen LogP contribution in [0.1, 0.15) is 20.3 Å². The first-order valence-corrected chi connectivity index (χ1v) is 7.66. The second-order valence-corrected chi connectivity index (χ2v) is 6.88. The Balaban J connectivity index is 2.45. The highest BCUT2D eigenvalue weighted by molar-refractivity contribution is 14.1. The third-order valence-corrected chi connectivity index (χ3v) is 4.32. The van der Waals surface area contributed by atoms with E-state index in [1.165, 1.54) is 4.90 Å². The topological polar surface area (TPSA) is 49.4 Å². The average molecular weight is 470 g/mol. The Morgan fingerprint density at radius 1 is 1.22 bits per heavy atom. The first kappa shape index (κ1) is 14.0. The smallest absolute Gasteiger partial charge is 0.323 e. The Morgan fingerprint density at radius 2 is 1.78 bits per heavy atom. The van der Waals surface area contributed by atoms with E-state index in [4.69, 9.17) is 0 Å². The molecule has 0 bridgehead atoms. The molecule has 1 unspecified atom stereocenters. The van der Waals surface area contributed by atoms with Crippen molar-refractivity contribution < 1.29 is 9.59 Å². The molecule has 0 radical (unpaired) electrons. The first-order valence-electron chi connectivity index (χ1n) is 5.50. The molecule has 1 fully saturated rings. The molecule has 1 heterocycles. The van der Waals surface area contributed by atoms with Crippen molar-refractivity contribution in [2.75, 3.05) is 4.90 Å². The van der Waals surface area contributed by atoms with Crippen molar-refractivity contribution in [3.63, 3.8) is 0 Å². The number of amides is 3. The SMILES string of the molecule is CCC1(C)NC(=O)N(c2cc(I)cc(I)c2)C1=O. The van der Waals surface area contributed by atoms with Crippen LogP contribution in [0, 0.1) is 7.14 Å². The van der Waals surface area contributed by atoms with Crippen molar-refractivity contribution in [1.29, 1.82) is 0 Å². The lowest BCUT2D eigenvalue weighted by Gasteiger charge is -2.19. The van der Waals surface area contributed by atoms with Crippen LogP contribution in [0.15, 0.2) is 18.2 Å². The zero-order valence-electron chi connectivity index (χ0n) is 9.96. The summed E-state index contributed by atoms with van der Waals surface area (Å²) in [6.07, 6.45) is 0.578. The van der Waals surface area contributed by atoms with E-state index < -0.39 is 5.54 Å². The summed E-state index contributed by atoms with van der Waals surface area (Å²) in [6.45, 7) is 3.65. The molecule has 1 aromatic rings. The van der Waals surface area contributed by atoms with E-state index in [9.17, 15) is 9.59 Å². The Hall–Kier alpha value is -0.380. The number of urea groups is 1. The maximum Gasteiger partial charge on any atom is 0.329 e. The third kappa shape index (κ3) is 2.36. The summed E-state index contributed by atoms with van der Waals surface area (Å²) in [5.41, 5.74) is -0.157. The molecule has 0 spiro atoms. The van der Waals surface area contributed by atoms with Gasteiger partial charge in [0.25, 0.3) is 5.91 Å². The van der Waals surface area contributed by atoms with Gasteiger partial charge in [0.05, 0.1) is 5.69 Å². The number of carbonyl (C=O) groups is 2. The van der Waals surface area contributed by atoms with E-state index in [2.05, 4.69) is 50.5 Å². The van der Waals surface area contributed by atoms with Gasteiger partial charge in [-0.15, -0.1) is 0 Å². The molecule has 1 saturated heterocycles. The molecule has 1 aliphatic heterocycles. The number of hydrogen-bond acceptors (Lipinski definition) is 2. The summed E-state index contributed by atoms with van der Waals surface area (Å²) in [5, 5.41) is 2.75. The quantitative estimate of drug-likeness (QED) is 0.534. The summed E-state index contributed by atoms with van der Waals surface area (Å²) in [4.78, 5) is 25.5. The standard InChI is InChI=1S/C12H12I2N2O2/c1-3-12(2)10(17)16(11(18)15-12)9-5-7(13)4-8(14)6-9/h4-6H,3H2,1-2H3,(H,15,18). The summed E-state index contributed by atoms with van der Waals surface area (Å²) in [6, 6.07) is 5.31. The number of nitrogens with zero attached hydrogens (tertiary/aromatic N) is 1. The van der Waals surface area contributed by atoms with E-state index in [1.807, 2.05) is 25.1 Å². The zero-order chi connectivity index (χ0) is 13.5. The lowest BCUT2D eigenvalue weighted by molar-refractivity contribution is -0.121. The Kier molecular flexibility index (Phi) is 3.86. The molecule has 1 aliphatic rings. The molecule has 96 valence electrons. The molecule has 1 atom stereocenters. The van der Waals surface area contributed by atoms with Crippen molar-refractivity contribution in [1.82, 2.24) is 5.32 Å². The highest BCUT2D eigenvalue weighted by Crippen LogP contribution is 2.29. The molecule has 6 heteroatoms. The van der Waals surface area contributed by atoms with Gasteiger partial charge in [-0.2, -0.15) is 0 Å². The lowest BCUT2D eigenvalue weighted by atomic mass is 9.99. The van der Waals surface area contributed by atoms with Gasteiger partial charge >= 0.3 is 6.03 Å². The molecular weight excluding hydrogens is 458 g/mol. The maximum absolute atomic E-state index is 12.3. The lowest BCUT2D eigenvalue weighted by Crippen LogP contribution is -2.43. The van der Waals surface area contributed by atoms with Crippen molar-refractivity contribution in [3.8, 4) is 0 Å². The van der Waals surface area contributed by atoms with Gasteiger partial charge in [-0.3, -0.25) is 4.79 Å². The van der Waals surface area contributed by atoms with Gasteiger partial charge in [-0.25, -0.2) is 9.69 Å². The number of hydrogen-bond donors (Lipinski definition) is 1. The van der Waals surface area contributed by atoms with Gasteiger partial charge < -0.3 is 5.32 Å². The summed E-state index contributed by atoms with van der Waals surface area (Å²) in [5.74, 6) is -0.187. The number of rotatable bonds is 2. The number of anilines is 1. The molecule has 0 saturated carbocycles. The van der Waals surface area contributed by atoms with Crippen LogP contribution in [0.3, 0.4) is 0 Å². The number of carbonyl (C=O) groups excluding carboxylic acids is 2. The molecule has 1 aromatic carbocycles. The maximum atomic E-state index is 12.3.